The third-order valence-electron chi connectivity index (χ3n) is 3.14. The van der Waals surface area contributed by atoms with Crippen molar-refractivity contribution in [2.24, 2.45) is 0 Å². The third-order valence-corrected chi connectivity index (χ3v) is 3.14. The van der Waals surface area contributed by atoms with E-state index in [4.69, 9.17) is 5.73 Å². The van der Waals surface area contributed by atoms with Crippen LogP contribution >= 0.6 is 13.5 Å². The molecule has 1 heterocycles. The van der Waals surface area contributed by atoms with E-state index in [0.29, 0.717) is 16.7 Å². The van der Waals surface area contributed by atoms with Gasteiger partial charge in [0.2, 0.25) is 5.95 Å². The van der Waals surface area contributed by atoms with Gasteiger partial charge in [-0.05, 0) is 24.6 Å². The van der Waals surface area contributed by atoms with Crippen molar-refractivity contribution in [2.45, 2.75) is 32.2 Å². The second-order valence-electron chi connectivity index (χ2n) is 4.76. The lowest BCUT2D eigenvalue weighted by Crippen LogP contribution is -2.24. The van der Waals surface area contributed by atoms with Gasteiger partial charge in [0.15, 0.2) is 0 Å². The minimum absolute atomic E-state index is 0. The molecule has 1 aromatic heterocycles. The zero-order valence-electron chi connectivity index (χ0n) is 11.9. The smallest absolute Gasteiger partial charge is 0.222 e. The number of aliphatic hydroxyl groups is 1. The highest BCUT2D eigenvalue weighted by atomic mass is 32.1. The molecular formula is C14H21FN4OS. The molecule has 5 nitrogen and oxygen atoms in total. The first-order valence-corrected chi connectivity index (χ1v) is 6.74. The summed E-state index contributed by atoms with van der Waals surface area (Å²) in [5.74, 6) is 0.226. The Balaban J connectivity index is 0.00000220. The maximum atomic E-state index is 13.4. The van der Waals surface area contributed by atoms with Crippen LogP contribution in [0, 0.1) is 5.82 Å². The van der Waals surface area contributed by atoms with Crippen molar-refractivity contribution in [3.05, 3.63) is 24.0 Å². The molecule has 21 heavy (non-hydrogen) atoms. The van der Waals surface area contributed by atoms with Crippen molar-refractivity contribution in [3.63, 3.8) is 0 Å². The number of hydrogen-bond acceptors (Lipinski definition) is 5. The van der Waals surface area contributed by atoms with E-state index in [-0.39, 0.29) is 37.9 Å². The van der Waals surface area contributed by atoms with E-state index in [0.717, 1.165) is 19.3 Å². The maximum absolute atomic E-state index is 13.4. The summed E-state index contributed by atoms with van der Waals surface area (Å²) in [6.45, 7) is 2.07. The van der Waals surface area contributed by atoms with Crippen molar-refractivity contribution in [1.82, 2.24) is 9.97 Å². The fourth-order valence-corrected chi connectivity index (χ4v) is 2.08. The first-order chi connectivity index (χ1) is 9.63. The van der Waals surface area contributed by atoms with E-state index in [9.17, 15) is 9.50 Å². The number of anilines is 2. The SMILES string of the molecule is CCCC[C@@H](CO)Nc1nc(N)nc2ccc(F)cc12.S. The molecule has 0 amide bonds. The predicted octanol–water partition coefficient (Wildman–Crippen LogP) is 2.43. The predicted molar refractivity (Wildman–Crippen MR) is 88.3 cm³/mol. The molecule has 0 aliphatic rings. The summed E-state index contributed by atoms with van der Waals surface area (Å²) in [7, 11) is 0. The lowest BCUT2D eigenvalue weighted by molar-refractivity contribution is 0.267. The number of nitrogens with zero attached hydrogens (tertiary/aromatic N) is 2. The summed E-state index contributed by atoms with van der Waals surface area (Å²) in [6.07, 6.45) is 2.85. The number of benzene rings is 1. The summed E-state index contributed by atoms with van der Waals surface area (Å²) >= 11 is 0. The van der Waals surface area contributed by atoms with Gasteiger partial charge in [-0.15, -0.1) is 0 Å². The number of unbranched alkanes of at least 4 members (excludes halogenated alkanes) is 1. The first-order valence-electron chi connectivity index (χ1n) is 6.74. The van der Waals surface area contributed by atoms with Gasteiger partial charge >= 0.3 is 0 Å². The van der Waals surface area contributed by atoms with Gasteiger partial charge in [-0.2, -0.15) is 18.5 Å². The standard InChI is InChI=1S/C14H19FN4O.H2S/c1-2-3-4-10(8-20)17-13-11-7-9(15)5-6-12(11)18-14(16)19-13;/h5-7,10,20H,2-4,8H2,1H3,(H3,16,17,18,19);1H2/t10-;/m0./s1. The zero-order chi connectivity index (χ0) is 14.5. The molecule has 1 atom stereocenters. The number of halogens is 1. The van der Waals surface area contributed by atoms with E-state index < -0.39 is 0 Å². The number of hydrogen-bond donors (Lipinski definition) is 3. The quantitative estimate of drug-likeness (QED) is 0.763. The molecule has 0 aliphatic heterocycles. The molecule has 0 saturated heterocycles. The van der Waals surface area contributed by atoms with E-state index >= 15 is 0 Å². The second-order valence-corrected chi connectivity index (χ2v) is 4.76. The molecule has 2 aromatic rings. The summed E-state index contributed by atoms with van der Waals surface area (Å²) in [5, 5.41) is 13.1. The van der Waals surface area contributed by atoms with E-state index in [2.05, 4.69) is 22.2 Å². The summed E-state index contributed by atoms with van der Waals surface area (Å²) < 4.78 is 13.4. The Hall–Kier alpha value is -1.60. The van der Waals surface area contributed by atoms with Gasteiger partial charge in [0, 0.05) is 5.39 Å². The Kier molecular flexibility index (Phi) is 6.64. The van der Waals surface area contributed by atoms with Gasteiger partial charge in [-0.25, -0.2) is 9.37 Å². The molecular weight excluding hydrogens is 291 g/mol. The molecule has 0 radical (unpaired) electrons. The monoisotopic (exact) mass is 312 g/mol. The maximum Gasteiger partial charge on any atom is 0.222 e. The Bertz CT molecular complexity index is 596. The fourth-order valence-electron chi connectivity index (χ4n) is 2.08. The highest BCUT2D eigenvalue weighted by Crippen LogP contribution is 2.23. The van der Waals surface area contributed by atoms with Gasteiger partial charge in [0.25, 0.3) is 0 Å². The van der Waals surface area contributed by atoms with Crippen molar-refractivity contribution in [2.75, 3.05) is 17.7 Å². The molecule has 0 aliphatic carbocycles. The van der Waals surface area contributed by atoms with Crippen LogP contribution in [0.15, 0.2) is 18.2 Å². The van der Waals surface area contributed by atoms with Crippen molar-refractivity contribution in [1.29, 1.82) is 0 Å². The molecule has 2 rings (SSSR count). The number of nitrogens with one attached hydrogen (secondary N) is 1. The molecule has 4 N–H and O–H groups in total. The summed E-state index contributed by atoms with van der Waals surface area (Å²) in [4.78, 5) is 8.19. The average molecular weight is 312 g/mol. The molecule has 1 aromatic carbocycles. The fraction of sp³-hybridized carbons (Fsp3) is 0.429. The van der Waals surface area contributed by atoms with E-state index in [1.807, 2.05) is 0 Å². The molecule has 0 bridgehead atoms. The highest BCUT2D eigenvalue weighted by Gasteiger charge is 2.12. The number of rotatable bonds is 6. The minimum Gasteiger partial charge on any atom is -0.394 e. The molecule has 7 heteroatoms. The lowest BCUT2D eigenvalue weighted by atomic mass is 10.1. The van der Waals surface area contributed by atoms with Crippen LogP contribution < -0.4 is 11.1 Å². The number of aliphatic hydroxyl groups excluding tert-OH is 1. The van der Waals surface area contributed by atoms with Crippen LogP contribution in [0.4, 0.5) is 16.2 Å². The Morgan fingerprint density at radius 3 is 2.81 bits per heavy atom. The Morgan fingerprint density at radius 1 is 1.38 bits per heavy atom. The van der Waals surface area contributed by atoms with Crippen LogP contribution in [0.2, 0.25) is 0 Å². The van der Waals surface area contributed by atoms with E-state index in [1.54, 1.807) is 6.07 Å². The minimum atomic E-state index is -0.358. The van der Waals surface area contributed by atoms with Crippen LogP contribution in [0.3, 0.4) is 0 Å². The van der Waals surface area contributed by atoms with Gasteiger partial charge < -0.3 is 16.2 Å². The average Bonchev–Trinajstić information content (AvgIpc) is 2.43. The molecule has 0 saturated carbocycles. The third kappa shape index (κ3) is 4.44. The van der Waals surface area contributed by atoms with Crippen LogP contribution in [0.25, 0.3) is 10.9 Å². The van der Waals surface area contributed by atoms with Gasteiger partial charge in [0.1, 0.15) is 11.6 Å². The molecule has 0 fully saturated rings. The van der Waals surface area contributed by atoms with Gasteiger partial charge in [0.05, 0.1) is 18.2 Å². The number of fused-ring (bicyclic) bond motifs is 1. The largest absolute Gasteiger partial charge is 0.394 e. The first kappa shape index (κ1) is 17.5. The second kappa shape index (κ2) is 7.99. The Labute approximate surface area is 130 Å². The van der Waals surface area contributed by atoms with Crippen LogP contribution in [-0.2, 0) is 0 Å². The highest BCUT2D eigenvalue weighted by molar-refractivity contribution is 7.59. The molecule has 0 unspecified atom stereocenters. The van der Waals surface area contributed by atoms with Crippen LogP contribution in [0.1, 0.15) is 26.2 Å². The van der Waals surface area contributed by atoms with Gasteiger partial charge in [-0.3, -0.25) is 0 Å². The normalized spacial score (nSPS) is 12.0. The van der Waals surface area contributed by atoms with Gasteiger partial charge in [-0.1, -0.05) is 19.8 Å². The molecule has 0 spiro atoms. The van der Waals surface area contributed by atoms with Crippen molar-refractivity contribution < 1.29 is 9.50 Å². The number of nitrogens with two attached hydrogens (primary N) is 1. The Morgan fingerprint density at radius 2 is 2.14 bits per heavy atom. The number of aromatic nitrogens is 2. The van der Waals surface area contributed by atoms with Crippen molar-refractivity contribution >= 4 is 36.2 Å². The summed E-state index contributed by atoms with van der Waals surface area (Å²) in [6, 6.07) is 4.13. The summed E-state index contributed by atoms with van der Waals surface area (Å²) in [5.41, 5.74) is 6.24. The lowest BCUT2D eigenvalue weighted by Gasteiger charge is -2.18. The van der Waals surface area contributed by atoms with Crippen molar-refractivity contribution in [3.8, 4) is 0 Å². The molecule has 116 valence electrons. The zero-order valence-corrected chi connectivity index (χ0v) is 12.9. The van der Waals surface area contributed by atoms with Crippen LogP contribution in [-0.4, -0.2) is 27.7 Å². The topological polar surface area (TPSA) is 84.1 Å². The van der Waals surface area contributed by atoms with Crippen LogP contribution in [0.5, 0.6) is 0 Å². The number of nitrogen functional groups attached to an aromatic ring is 1. The van der Waals surface area contributed by atoms with E-state index in [1.165, 1.54) is 12.1 Å².